The monoisotopic (exact) mass is 293 g/mol. The van der Waals surface area contributed by atoms with E-state index in [1.54, 1.807) is 23.1 Å². The van der Waals surface area contributed by atoms with Crippen molar-refractivity contribution in [3.8, 4) is 0 Å². The Morgan fingerprint density at radius 1 is 1.29 bits per heavy atom. The van der Waals surface area contributed by atoms with Crippen molar-refractivity contribution in [1.82, 2.24) is 4.90 Å². The van der Waals surface area contributed by atoms with Crippen molar-refractivity contribution in [2.75, 3.05) is 13.7 Å². The largest absolute Gasteiger partial charge is 0.468 e. The molecule has 0 atom stereocenters. The van der Waals surface area contributed by atoms with E-state index in [0.29, 0.717) is 5.56 Å². The van der Waals surface area contributed by atoms with Crippen molar-refractivity contribution in [2.24, 2.45) is 0 Å². The van der Waals surface area contributed by atoms with E-state index in [2.05, 4.69) is 4.74 Å². The van der Waals surface area contributed by atoms with Gasteiger partial charge in [-0.15, -0.1) is 0 Å². The van der Waals surface area contributed by atoms with Gasteiger partial charge in [-0.1, -0.05) is 31.0 Å². The normalized spacial score (nSPS) is 15.0. The van der Waals surface area contributed by atoms with Gasteiger partial charge in [0.2, 0.25) is 5.91 Å². The van der Waals surface area contributed by atoms with Crippen LogP contribution >= 0.6 is 0 Å². The number of rotatable bonds is 5. The van der Waals surface area contributed by atoms with Gasteiger partial charge in [-0.2, -0.15) is 0 Å². The van der Waals surface area contributed by atoms with E-state index in [0.717, 1.165) is 25.7 Å². The molecule has 1 fully saturated rings. The van der Waals surface area contributed by atoms with Crippen LogP contribution in [0.5, 0.6) is 0 Å². The highest BCUT2D eigenvalue weighted by atomic mass is 19.1. The maximum atomic E-state index is 13.7. The minimum atomic E-state index is -0.441. The lowest BCUT2D eigenvalue weighted by Gasteiger charge is -2.28. The predicted octanol–water partition coefficient (Wildman–Crippen LogP) is 2.31. The van der Waals surface area contributed by atoms with Gasteiger partial charge in [0, 0.05) is 6.04 Å². The minimum Gasteiger partial charge on any atom is -0.468 e. The number of carbonyl (C=O) groups is 2. The number of hydrogen-bond donors (Lipinski definition) is 0. The molecule has 0 aromatic heterocycles. The minimum absolute atomic E-state index is 0.0276. The maximum absolute atomic E-state index is 13.7. The summed E-state index contributed by atoms with van der Waals surface area (Å²) in [5.41, 5.74) is 0.357. The Hall–Kier alpha value is -1.91. The van der Waals surface area contributed by atoms with Crippen molar-refractivity contribution in [2.45, 2.75) is 38.1 Å². The SMILES string of the molecule is COC(=O)CN(C(=O)Cc1ccccc1F)C1CCCC1. The van der Waals surface area contributed by atoms with E-state index in [4.69, 9.17) is 0 Å². The molecule has 1 saturated carbocycles. The Labute approximate surface area is 123 Å². The van der Waals surface area contributed by atoms with Crippen molar-refractivity contribution in [1.29, 1.82) is 0 Å². The highest BCUT2D eigenvalue weighted by Gasteiger charge is 2.28. The highest BCUT2D eigenvalue weighted by Crippen LogP contribution is 2.24. The summed E-state index contributed by atoms with van der Waals surface area (Å²) in [6.07, 6.45) is 3.85. The van der Waals surface area contributed by atoms with Crippen LogP contribution in [0, 0.1) is 5.82 Å². The number of methoxy groups -OCH3 is 1. The number of esters is 1. The van der Waals surface area contributed by atoms with Crippen LogP contribution in [0.2, 0.25) is 0 Å². The van der Waals surface area contributed by atoms with Crippen molar-refractivity contribution < 1.29 is 18.7 Å². The highest BCUT2D eigenvalue weighted by molar-refractivity contribution is 5.84. The van der Waals surface area contributed by atoms with Gasteiger partial charge in [0.1, 0.15) is 12.4 Å². The molecule has 1 aliphatic carbocycles. The molecule has 0 saturated heterocycles. The standard InChI is InChI=1S/C16H20FNO3/c1-21-16(20)11-18(13-7-3-4-8-13)15(19)10-12-6-2-5-9-14(12)17/h2,5-6,9,13H,3-4,7-8,10-11H2,1H3. The van der Waals surface area contributed by atoms with Crippen LogP contribution in [0.3, 0.4) is 0 Å². The zero-order valence-electron chi connectivity index (χ0n) is 12.2. The van der Waals surface area contributed by atoms with Crippen molar-refractivity contribution in [3.05, 3.63) is 35.6 Å². The molecule has 0 bridgehead atoms. The summed E-state index contributed by atoms with van der Waals surface area (Å²) in [6.45, 7) is -0.0611. The van der Waals surface area contributed by atoms with Gasteiger partial charge in [-0.3, -0.25) is 9.59 Å². The van der Waals surface area contributed by atoms with Crippen molar-refractivity contribution in [3.63, 3.8) is 0 Å². The molecule has 1 aliphatic rings. The molecule has 0 unspecified atom stereocenters. The smallest absolute Gasteiger partial charge is 0.325 e. The van der Waals surface area contributed by atoms with E-state index >= 15 is 0 Å². The lowest BCUT2D eigenvalue weighted by molar-refractivity contribution is -0.148. The molecule has 0 spiro atoms. The van der Waals surface area contributed by atoms with Gasteiger partial charge in [-0.25, -0.2) is 4.39 Å². The summed E-state index contributed by atoms with van der Waals surface area (Å²) >= 11 is 0. The molecule has 2 rings (SSSR count). The third kappa shape index (κ3) is 4.03. The lowest BCUT2D eigenvalue weighted by atomic mass is 10.1. The Bertz CT molecular complexity index is 512. The van der Waals surface area contributed by atoms with E-state index in [1.165, 1.54) is 13.2 Å². The van der Waals surface area contributed by atoms with Crippen LogP contribution in [-0.2, 0) is 20.7 Å². The average molecular weight is 293 g/mol. The van der Waals surface area contributed by atoms with E-state index in [-0.39, 0.29) is 24.9 Å². The van der Waals surface area contributed by atoms with Crippen LogP contribution in [0.1, 0.15) is 31.2 Å². The van der Waals surface area contributed by atoms with E-state index < -0.39 is 11.8 Å². The van der Waals surface area contributed by atoms with Gasteiger partial charge in [0.05, 0.1) is 13.5 Å². The summed E-state index contributed by atoms with van der Waals surface area (Å²) in [6, 6.07) is 6.28. The molecular formula is C16H20FNO3. The molecule has 1 amide bonds. The number of carbonyl (C=O) groups excluding carboxylic acids is 2. The van der Waals surface area contributed by atoms with Crippen LogP contribution in [-0.4, -0.2) is 36.5 Å². The first-order valence-corrected chi connectivity index (χ1v) is 7.21. The summed E-state index contributed by atoms with van der Waals surface area (Å²) in [5.74, 6) is -1.06. The van der Waals surface area contributed by atoms with Gasteiger partial charge in [0.25, 0.3) is 0 Å². The summed E-state index contributed by atoms with van der Waals surface area (Å²) in [7, 11) is 1.30. The summed E-state index contributed by atoms with van der Waals surface area (Å²) < 4.78 is 18.3. The lowest BCUT2D eigenvalue weighted by Crippen LogP contribution is -2.43. The zero-order valence-corrected chi connectivity index (χ0v) is 12.2. The Morgan fingerprint density at radius 2 is 1.95 bits per heavy atom. The number of amides is 1. The molecule has 0 aliphatic heterocycles. The van der Waals surface area contributed by atoms with Crippen LogP contribution < -0.4 is 0 Å². The van der Waals surface area contributed by atoms with E-state index in [1.807, 2.05) is 0 Å². The van der Waals surface area contributed by atoms with Crippen LogP contribution in [0.15, 0.2) is 24.3 Å². The van der Waals surface area contributed by atoms with Crippen molar-refractivity contribution >= 4 is 11.9 Å². The molecule has 114 valence electrons. The third-order valence-electron chi connectivity index (χ3n) is 3.91. The van der Waals surface area contributed by atoms with Gasteiger partial charge in [0.15, 0.2) is 0 Å². The fourth-order valence-corrected chi connectivity index (χ4v) is 2.75. The molecule has 0 N–H and O–H groups in total. The van der Waals surface area contributed by atoms with Crippen LogP contribution in [0.4, 0.5) is 4.39 Å². The molecule has 1 aromatic carbocycles. The topological polar surface area (TPSA) is 46.6 Å². The second-order valence-corrected chi connectivity index (χ2v) is 5.30. The molecule has 0 radical (unpaired) electrons. The molecule has 5 heteroatoms. The Balaban J connectivity index is 2.10. The predicted molar refractivity (Wildman–Crippen MR) is 76.1 cm³/mol. The average Bonchev–Trinajstić information content (AvgIpc) is 3.00. The first-order valence-electron chi connectivity index (χ1n) is 7.21. The molecule has 4 nitrogen and oxygen atoms in total. The fraction of sp³-hybridized carbons (Fsp3) is 0.500. The number of nitrogens with zero attached hydrogens (tertiary/aromatic N) is 1. The first kappa shape index (κ1) is 15.5. The van der Waals surface area contributed by atoms with Gasteiger partial charge >= 0.3 is 5.97 Å². The number of hydrogen-bond acceptors (Lipinski definition) is 3. The number of ether oxygens (including phenoxy) is 1. The first-order chi connectivity index (χ1) is 10.1. The summed E-state index contributed by atoms with van der Waals surface area (Å²) in [5, 5.41) is 0. The quantitative estimate of drug-likeness (QED) is 0.783. The third-order valence-corrected chi connectivity index (χ3v) is 3.91. The fourth-order valence-electron chi connectivity index (χ4n) is 2.75. The van der Waals surface area contributed by atoms with Gasteiger partial charge < -0.3 is 9.64 Å². The molecule has 1 aromatic rings. The molecule has 0 heterocycles. The zero-order chi connectivity index (χ0) is 15.2. The summed E-state index contributed by atoms with van der Waals surface area (Å²) in [4.78, 5) is 25.5. The van der Waals surface area contributed by atoms with E-state index in [9.17, 15) is 14.0 Å². The van der Waals surface area contributed by atoms with Crippen LogP contribution in [0.25, 0.3) is 0 Å². The van der Waals surface area contributed by atoms with Gasteiger partial charge in [-0.05, 0) is 24.5 Å². The number of benzene rings is 1. The Morgan fingerprint density at radius 3 is 2.57 bits per heavy atom. The Kier molecular flexibility index (Phi) is 5.31. The second kappa shape index (κ2) is 7.20. The molecular weight excluding hydrogens is 273 g/mol. The second-order valence-electron chi connectivity index (χ2n) is 5.30. The number of halogens is 1. The molecule has 21 heavy (non-hydrogen) atoms. The maximum Gasteiger partial charge on any atom is 0.325 e.